The summed E-state index contributed by atoms with van der Waals surface area (Å²) in [6.07, 6.45) is 3.41. The molecule has 4 aromatic rings. The molecule has 0 aliphatic carbocycles. The van der Waals surface area contributed by atoms with Gasteiger partial charge in [-0.1, -0.05) is 18.2 Å². The van der Waals surface area contributed by atoms with Crippen molar-refractivity contribution in [3.05, 3.63) is 72.3 Å². The van der Waals surface area contributed by atoms with Gasteiger partial charge in [0.2, 0.25) is 6.79 Å². The largest absolute Gasteiger partial charge is 0.454 e. The van der Waals surface area contributed by atoms with E-state index < -0.39 is 0 Å². The molecule has 3 heterocycles. The van der Waals surface area contributed by atoms with Crippen molar-refractivity contribution in [2.75, 3.05) is 12.1 Å². The summed E-state index contributed by atoms with van der Waals surface area (Å²) in [6.45, 7) is 0.845. The highest BCUT2D eigenvalue weighted by atomic mass is 19.1. The zero-order valence-electron chi connectivity index (χ0n) is 14.2. The first-order chi connectivity index (χ1) is 13.3. The molecule has 7 heteroatoms. The van der Waals surface area contributed by atoms with Gasteiger partial charge < -0.3 is 14.8 Å². The summed E-state index contributed by atoms with van der Waals surface area (Å²) in [5.41, 5.74) is 3.24. The number of nitrogens with zero attached hydrogens (tertiary/aromatic N) is 3. The van der Waals surface area contributed by atoms with E-state index in [0.717, 1.165) is 34.0 Å². The average Bonchev–Trinajstić information content (AvgIpc) is 3.33. The van der Waals surface area contributed by atoms with Crippen LogP contribution in [0.1, 0.15) is 5.56 Å². The standard InChI is InChI=1S/C20H15FN4O2/c21-15-3-1-2-14(9-15)16-11-24-25-19(6-7-22-20(16)25)23-10-13-4-5-17-18(8-13)27-12-26-17/h1-9,11,23H,10,12H2. The smallest absolute Gasteiger partial charge is 0.231 e. The number of aromatic nitrogens is 3. The number of halogens is 1. The van der Waals surface area contributed by atoms with Gasteiger partial charge in [-0.25, -0.2) is 9.37 Å². The molecule has 0 bridgehead atoms. The van der Waals surface area contributed by atoms with Crippen LogP contribution in [-0.4, -0.2) is 21.4 Å². The molecule has 0 saturated heterocycles. The van der Waals surface area contributed by atoms with E-state index in [9.17, 15) is 4.39 Å². The van der Waals surface area contributed by atoms with E-state index in [-0.39, 0.29) is 12.6 Å². The number of hydrogen-bond acceptors (Lipinski definition) is 5. The van der Waals surface area contributed by atoms with Crippen molar-refractivity contribution in [3.8, 4) is 22.6 Å². The summed E-state index contributed by atoms with van der Waals surface area (Å²) in [5, 5.41) is 7.78. The van der Waals surface area contributed by atoms with E-state index in [1.807, 2.05) is 30.3 Å². The lowest BCUT2D eigenvalue weighted by molar-refractivity contribution is 0.174. The number of hydrogen-bond donors (Lipinski definition) is 1. The SMILES string of the molecule is Fc1cccc(-c2cnn3c(NCc4ccc5c(c4)OCO5)ccnc23)c1. The highest BCUT2D eigenvalue weighted by Crippen LogP contribution is 2.32. The fourth-order valence-corrected chi connectivity index (χ4v) is 3.13. The number of benzene rings is 2. The normalized spacial score (nSPS) is 12.5. The van der Waals surface area contributed by atoms with Crippen molar-refractivity contribution < 1.29 is 13.9 Å². The summed E-state index contributed by atoms with van der Waals surface area (Å²) < 4.78 is 26.0. The molecule has 1 aliphatic heterocycles. The lowest BCUT2D eigenvalue weighted by atomic mass is 10.1. The Morgan fingerprint density at radius 3 is 2.93 bits per heavy atom. The first-order valence-electron chi connectivity index (χ1n) is 8.49. The van der Waals surface area contributed by atoms with Gasteiger partial charge >= 0.3 is 0 Å². The fourth-order valence-electron chi connectivity index (χ4n) is 3.13. The Kier molecular flexibility index (Phi) is 3.64. The predicted molar refractivity (Wildman–Crippen MR) is 98.3 cm³/mol. The van der Waals surface area contributed by atoms with Crippen molar-refractivity contribution in [1.82, 2.24) is 14.6 Å². The molecule has 5 rings (SSSR count). The van der Waals surface area contributed by atoms with Crippen LogP contribution < -0.4 is 14.8 Å². The monoisotopic (exact) mass is 362 g/mol. The van der Waals surface area contributed by atoms with Crippen LogP contribution >= 0.6 is 0 Å². The number of ether oxygens (including phenoxy) is 2. The zero-order chi connectivity index (χ0) is 18.2. The van der Waals surface area contributed by atoms with Crippen LogP contribution in [-0.2, 0) is 6.54 Å². The predicted octanol–water partition coefficient (Wildman–Crippen LogP) is 3.88. The second kappa shape index (κ2) is 6.28. The van der Waals surface area contributed by atoms with Gasteiger partial charge in [-0.3, -0.25) is 0 Å². The molecule has 2 aromatic carbocycles. The van der Waals surface area contributed by atoms with E-state index in [0.29, 0.717) is 12.2 Å². The Bertz CT molecular complexity index is 1140. The quantitative estimate of drug-likeness (QED) is 0.597. The van der Waals surface area contributed by atoms with E-state index in [2.05, 4.69) is 15.4 Å². The molecule has 0 fully saturated rings. The van der Waals surface area contributed by atoms with Crippen LogP contribution in [0.15, 0.2) is 60.9 Å². The summed E-state index contributed by atoms with van der Waals surface area (Å²) in [6, 6.07) is 14.1. The third-order valence-electron chi connectivity index (χ3n) is 4.45. The summed E-state index contributed by atoms with van der Waals surface area (Å²) in [7, 11) is 0. The van der Waals surface area contributed by atoms with Crippen molar-refractivity contribution >= 4 is 11.5 Å². The molecule has 1 aliphatic rings. The van der Waals surface area contributed by atoms with Crippen LogP contribution in [0.3, 0.4) is 0 Å². The second-order valence-corrected chi connectivity index (χ2v) is 6.18. The van der Waals surface area contributed by atoms with E-state index >= 15 is 0 Å². The van der Waals surface area contributed by atoms with E-state index in [1.54, 1.807) is 23.0 Å². The molecule has 6 nitrogen and oxygen atoms in total. The number of nitrogens with one attached hydrogen (secondary N) is 1. The molecule has 0 atom stereocenters. The summed E-state index contributed by atoms with van der Waals surface area (Å²) in [4.78, 5) is 4.41. The van der Waals surface area contributed by atoms with Gasteiger partial charge in [0, 0.05) is 18.3 Å². The van der Waals surface area contributed by atoms with Crippen LogP contribution in [0.4, 0.5) is 10.2 Å². The van der Waals surface area contributed by atoms with Crippen molar-refractivity contribution in [2.45, 2.75) is 6.54 Å². The van der Waals surface area contributed by atoms with Gasteiger partial charge in [-0.05, 0) is 41.5 Å². The molecule has 27 heavy (non-hydrogen) atoms. The van der Waals surface area contributed by atoms with Gasteiger partial charge in [0.15, 0.2) is 17.1 Å². The molecular weight excluding hydrogens is 347 g/mol. The Labute approximate surface area is 154 Å². The fraction of sp³-hybridized carbons (Fsp3) is 0.100. The minimum Gasteiger partial charge on any atom is -0.454 e. The molecule has 0 spiro atoms. The molecule has 134 valence electrons. The van der Waals surface area contributed by atoms with Crippen LogP contribution in [0, 0.1) is 5.82 Å². The van der Waals surface area contributed by atoms with Crippen LogP contribution in [0.2, 0.25) is 0 Å². The maximum atomic E-state index is 13.6. The minimum atomic E-state index is -0.288. The average molecular weight is 362 g/mol. The molecule has 0 unspecified atom stereocenters. The third-order valence-corrected chi connectivity index (χ3v) is 4.45. The van der Waals surface area contributed by atoms with Crippen molar-refractivity contribution in [1.29, 1.82) is 0 Å². The first-order valence-corrected chi connectivity index (χ1v) is 8.49. The number of fused-ring (bicyclic) bond motifs is 2. The van der Waals surface area contributed by atoms with Gasteiger partial charge in [-0.15, -0.1) is 0 Å². The Morgan fingerprint density at radius 2 is 2.00 bits per heavy atom. The highest BCUT2D eigenvalue weighted by Gasteiger charge is 2.14. The molecule has 1 N–H and O–H groups in total. The first kappa shape index (κ1) is 15.6. The zero-order valence-corrected chi connectivity index (χ0v) is 14.2. The van der Waals surface area contributed by atoms with Crippen molar-refractivity contribution in [2.24, 2.45) is 0 Å². The number of anilines is 1. The summed E-state index contributed by atoms with van der Waals surface area (Å²) in [5.74, 6) is 2.02. The Hall–Kier alpha value is -3.61. The molecule has 2 aromatic heterocycles. The number of rotatable bonds is 4. The summed E-state index contributed by atoms with van der Waals surface area (Å²) >= 11 is 0. The van der Waals surface area contributed by atoms with Crippen LogP contribution in [0.25, 0.3) is 16.8 Å². The van der Waals surface area contributed by atoms with Gasteiger partial charge in [0.25, 0.3) is 0 Å². The molecular formula is C20H15FN4O2. The third kappa shape index (κ3) is 2.83. The molecule has 0 saturated carbocycles. The Balaban J connectivity index is 1.44. The van der Waals surface area contributed by atoms with Crippen molar-refractivity contribution in [3.63, 3.8) is 0 Å². The van der Waals surface area contributed by atoms with E-state index in [1.165, 1.54) is 12.1 Å². The lowest BCUT2D eigenvalue weighted by Crippen LogP contribution is -2.05. The van der Waals surface area contributed by atoms with Gasteiger partial charge in [0.1, 0.15) is 11.6 Å². The topological polar surface area (TPSA) is 60.7 Å². The van der Waals surface area contributed by atoms with Gasteiger partial charge in [0.05, 0.1) is 6.20 Å². The molecule has 0 amide bonds. The second-order valence-electron chi connectivity index (χ2n) is 6.18. The van der Waals surface area contributed by atoms with Gasteiger partial charge in [-0.2, -0.15) is 9.61 Å². The van der Waals surface area contributed by atoms with Crippen LogP contribution in [0.5, 0.6) is 11.5 Å². The lowest BCUT2D eigenvalue weighted by Gasteiger charge is -2.09. The maximum absolute atomic E-state index is 13.6. The minimum absolute atomic E-state index is 0.257. The Morgan fingerprint density at radius 1 is 1.07 bits per heavy atom. The van der Waals surface area contributed by atoms with E-state index in [4.69, 9.17) is 9.47 Å². The highest BCUT2D eigenvalue weighted by molar-refractivity contribution is 5.77. The molecule has 0 radical (unpaired) electrons. The maximum Gasteiger partial charge on any atom is 0.231 e.